The molecular weight excluding hydrogens is 341 g/mol. The van der Waals surface area contributed by atoms with Gasteiger partial charge in [0.25, 0.3) is 0 Å². The standard InChI is InChI=1S/2Al.2Cu.5S/q2*+3;2*+2;5*-2. The molecule has 0 bridgehead atoms. The second-order valence-corrected chi connectivity index (χ2v) is 0. The molecule has 0 aromatic carbocycles. The zero-order valence-electron chi connectivity index (χ0n) is 3.80. The number of hydrogen-bond donors (Lipinski definition) is 0. The Morgan fingerprint density at radius 2 is 0.333 bits per heavy atom. The summed E-state index contributed by atoms with van der Waals surface area (Å²) < 4.78 is 0. The van der Waals surface area contributed by atoms with E-state index >= 15 is 0 Å². The SMILES string of the molecule is [Al+3].[Al+3].[Cu+2].[Cu+2].[S-2].[S-2].[S-2].[S-2].[S-2]. The van der Waals surface area contributed by atoms with Crippen LogP contribution in [-0.4, -0.2) is 34.7 Å². The minimum atomic E-state index is 0. The molecule has 0 aliphatic rings. The van der Waals surface area contributed by atoms with Gasteiger partial charge in [0.2, 0.25) is 0 Å². The first-order chi connectivity index (χ1) is 0. The molecule has 0 rings (SSSR count). The zero-order valence-corrected chi connectivity index (χ0v) is 12.1. The van der Waals surface area contributed by atoms with Gasteiger partial charge in [-0.25, -0.2) is 0 Å². The first-order valence-corrected chi connectivity index (χ1v) is 0. The normalized spacial score (nSPS) is 0. The van der Waals surface area contributed by atoms with E-state index in [1.165, 1.54) is 0 Å². The van der Waals surface area contributed by atoms with Gasteiger partial charge < -0.3 is 67.5 Å². The third-order valence-corrected chi connectivity index (χ3v) is 0. The average Bonchev–Trinajstić information content (AvgIpc) is 0. The molecule has 0 nitrogen and oxygen atoms in total. The summed E-state index contributed by atoms with van der Waals surface area (Å²) in [5.74, 6) is 0. The maximum absolute atomic E-state index is 0. The fraction of sp³-hybridized carbons (Fsp3) is 0. The van der Waals surface area contributed by atoms with Crippen molar-refractivity contribution in [1.82, 2.24) is 0 Å². The van der Waals surface area contributed by atoms with E-state index in [1.54, 1.807) is 0 Å². The molecule has 0 saturated carbocycles. The van der Waals surface area contributed by atoms with E-state index in [1.807, 2.05) is 0 Å². The van der Waals surface area contributed by atoms with Crippen molar-refractivity contribution in [3.05, 3.63) is 0 Å². The van der Waals surface area contributed by atoms with Crippen LogP contribution in [0.25, 0.3) is 0 Å². The molecule has 0 fully saturated rings. The largest absolute Gasteiger partial charge is 3.00 e. The molecule has 9 heavy (non-hydrogen) atoms. The summed E-state index contributed by atoms with van der Waals surface area (Å²) in [5.41, 5.74) is 0. The van der Waals surface area contributed by atoms with Gasteiger partial charge in [-0.1, -0.05) is 0 Å². The van der Waals surface area contributed by atoms with E-state index in [0.717, 1.165) is 0 Å². The summed E-state index contributed by atoms with van der Waals surface area (Å²) in [5, 5.41) is 0. The minimum Gasteiger partial charge on any atom is -2.00 e. The molecule has 0 aliphatic carbocycles. The summed E-state index contributed by atoms with van der Waals surface area (Å²) in [6.45, 7) is 0. The second-order valence-electron chi connectivity index (χ2n) is 0. The van der Waals surface area contributed by atoms with Crippen molar-refractivity contribution in [1.29, 1.82) is 0 Å². The predicted molar refractivity (Wildman–Crippen MR) is 48.3 cm³/mol. The number of hydrogen-bond acceptors (Lipinski definition) is 0. The smallest absolute Gasteiger partial charge is 2.00 e. The molecule has 0 saturated heterocycles. The van der Waals surface area contributed by atoms with Crippen LogP contribution in [0.3, 0.4) is 0 Å². The molecule has 0 aromatic rings. The van der Waals surface area contributed by atoms with E-state index < -0.39 is 0 Å². The van der Waals surface area contributed by atoms with Crippen molar-refractivity contribution in [2.45, 2.75) is 0 Å². The molecule has 0 amide bonds. The van der Waals surface area contributed by atoms with Crippen LogP contribution in [0.15, 0.2) is 0 Å². The summed E-state index contributed by atoms with van der Waals surface area (Å²) in [7, 11) is 0. The first-order valence-electron chi connectivity index (χ1n) is 0. The van der Waals surface area contributed by atoms with Crippen molar-refractivity contribution in [2.24, 2.45) is 0 Å². The van der Waals surface area contributed by atoms with Gasteiger partial charge in [0.05, 0.1) is 0 Å². The molecule has 2 radical (unpaired) electrons. The zero-order chi connectivity index (χ0) is 0. The molecule has 0 aliphatic heterocycles. The summed E-state index contributed by atoms with van der Waals surface area (Å²) in [4.78, 5) is 0. The van der Waals surface area contributed by atoms with Crippen molar-refractivity contribution in [3.8, 4) is 0 Å². The van der Waals surface area contributed by atoms with Crippen molar-refractivity contribution < 1.29 is 34.1 Å². The van der Waals surface area contributed by atoms with Gasteiger partial charge in [0, 0.05) is 0 Å². The maximum atomic E-state index is 0. The van der Waals surface area contributed by atoms with E-state index in [-0.39, 0.29) is 136 Å². The minimum absolute atomic E-state index is 0. The van der Waals surface area contributed by atoms with Gasteiger partial charge in [-0.2, -0.15) is 0 Å². The van der Waals surface area contributed by atoms with Gasteiger partial charge in [-0.15, -0.1) is 0 Å². The van der Waals surface area contributed by atoms with Crippen molar-refractivity contribution >= 4 is 102 Å². The molecule has 0 heterocycles. The van der Waals surface area contributed by atoms with E-state index in [0.29, 0.717) is 0 Å². The van der Waals surface area contributed by atoms with E-state index in [9.17, 15) is 0 Å². The Kier molecular flexibility index (Phi) is 1270. The van der Waals surface area contributed by atoms with Crippen LogP contribution in [-0.2, 0) is 102 Å². The van der Waals surface area contributed by atoms with Crippen LogP contribution >= 0.6 is 0 Å². The summed E-state index contributed by atoms with van der Waals surface area (Å²) >= 11 is 0. The van der Waals surface area contributed by atoms with Gasteiger partial charge in [-0.05, 0) is 0 Å². The fourth-order valence-electron chi connectivity index (χ4n) is 0. The topological polar surface area (TPSA) is 0 Å². The molecule has 0 unspecified atom stereocenters. The third kappa shape index (κ3) is 77.5. The molecule has 0 atom stereocenters. The van der Waals surface area contributed by atoms with Gasteiger partial charge in [0.1, 0.15) is 0 Å². The molecule has 0 aromatic heterocycles. The summed E-state index contributed by atoms with van der Waals surface area (Å²) in [6.07, 6.45) is 0. The Balaban J connectivity index is 0. The van der Waals surface area contributed by atoms with Crippen LogP contribution < -0.4 is 0 Å². The van der Waals surface area contributed by atoms with Crippen LogP contribution in [0.1, 0.15) is 0 Å². The van der Waals surface area contributed by atoms with Crippen LogP contribution in [0.2, 0.25) is 0 Å². The number of rotatable bonds is 0. The monoisotopic (exact) mass is 340 g/mol. The van der Waals surface area contributed by atoms with Crippen LogP contribution in [0.4, 0.5) is 0 Å². The molecule has 9 heteroatoms. The maximum Gasteiger partial charge on any atom is 3.00 e. The quantitative estimate of drug-likeness (QED) is 0.507. The fourth-order valence-corrected chi connectivity index (χ4v) is 0. The Morgan fingerprint density at radius 3 is 0.333 bits per heavy atom. The van der Waals surface area contributed by atoms with Gasteiger partial charge in [-0.3, -0.25) is 0 Å². The third-order valence-electron chi connectivity index (χ3n) is 0. The molecule has 0 spiro atoms. The van der Waals surface area contributed by atoms with Gasteiger partial charge >= 0.3 is 68.9 Å². The van der Waals surface area contributed by atoms with E-state index in [2.05, 4.69) is 0 Å². The van der Waals surface area contributed by atoms with Crippen LogP contribution in [0.5, 0.6) is 0 Å². The second kappa shape index (κ2) is 94.0. The Labute approximate surface area is 134 Å². The molecular formula is Al2Cu2S5. The van der Waals surface area contributed by atoms with Crippen molar-refractivity contribution in [2.75, 3.05) is 0 Å². The molecule has 0 N–H and O–H groups in total. The van der Waals surface area contributed by atoms with Gasteiger partial charge in [0.15, 0.2) is 0 Å². The van der Waals surface area contributed by atoms with Crippen molar-refractivity contribution in [3.63, 3.8) is 0 Å². The Bertz CT molecular complexity index is 12.9. The van der Waals surface area contributed by atoms with E-state index in [4.69, 9.17) is 0 Å². The first kappa shape index (κ1) is 122. The Hall–Kier alpha value is 3.85. The Morgan fingerprint density at radius 1 is 0.333 bits per heavy atom. The summed E-state index contributed by atoms with van der Waals surface area (Å²) in [6, 6.07) is 0. The molecule has 58 valence electrons. The predicted octanol–water partition coefficient (Wildman–Crippen LogP) is -0.779. The van der Waals surface area contributed by atoms with Crippen LogP contribution in [0, 0.1) is 0 Å². The average molecular weight is 341 g/mol.